The van der Waals surface area contributed by atoms with Gasteiger partial charge in [0.05, 0.1) is 6.61 Å². The number of aliphatic hydroxyl groups is 1. The fraction of sp³-hybridized carbons (Fsp3) is 0.700. The zero-order chi connectivity index (χ0) is 9.97. The van der Waals surface area contributed by atoms with Crippen LogP contribution in [0.1, 0.15) is 25.0 Å². The van der Waals surface area contributed by atoms with E-state index >= 15 is 0 Å². The molecule has 0 saturated heterocycles. The summed E-state index contributed by atoms with van der Waals surface area (Å²) in [6, 6.07) is 0.612. The van der Waals surface area contributed by atoms with E-state index in [1.165, 1.54) is 25.5 Å². The Morgan fingerprint density at radius 2 is 2.43 bits per heavy atom. The van der Waals surface area contributed by atoms with Gasteiger partial charge in [-0.3, -0.25) is 0 Å². The van der Waals surface area contributed by atoms with Crippen LogP contribution < -0.4 is 4.90 Å². The van der Waals surface area contributed by atoms with Crippen molar-refractivity contribution in [3.05, 3.63) is 12.0 Å². The summed E-state index contributed by atoms with van der Waals surface area (Å²) >= 11 is 0. The lowest BCUT2D eigenvalue weighted by atomic mass is 9.85. The van der Waals surface area contributed by atoms with Crippen molar-refractivity contribution in [2.24, 2.45) is 5.92 Å². The van der Waals surface area contributed by atoms with E-state index in [2.05, 4.69) is 4.98 Å². The van der Waals surface area contributed by atoms with Crippen molar-refractivity contribution in [2.75, 3.05) is 18.5 Å². The lowest BCUT2D eigenvalue weighted by molar-refractivity contribution is 0.276. The molecule has 78 valence electrons. The summed E-state index contributed by atoms with van der Waals surface area (Å²) in [5, 5.41) is 8.83. The highest BCUT2D eigenvalue weighted by Gasteiger charge is 2.20. The smallest absolute Gasteiger partial charge is 0.297 e. The molecular formula is C10H16N2O2. The minimum atomic E-state index is -0.0548. The lowest BCUT2D eigenvalue weighted by Gasteiger charge is -2.29. The van der Waals surface area contributed by atoms with E-state index in [0.29, 0.717) is 11.7 Å². The molecule has 0 unspecified atom stereocenters. The Bertz CT molecular complexity index is 294. The molecule has 1 saturated carbocycles. The molecule has 1 heterocycles. The van der Waals surface area contributed by atoms with Gasteiger partial charge in [0.15, 0.2) is 0 Å². The number of hydrogen-bond acceptors (Lipinski definition) is 4. The molecule has 4 nitrogen and oxygen atoms in total. The van der Waals surface area contributed by atoms with Gasteiger partial charge in [-0.2, -0.15) is 4.98 Å². The summed E-state index contributed by atoms with van der Waals surface area (Å²) in [6.45, 7) is 0.951. The van der Waals surface area contributed by atoms with Crippen LogP contribution in [0.5, 0.6) is 0 Å². The van der Waals surface area contributed by atoms with Gasteiger partial charge in [0.25, 0.3) is 6.01 Å². The molecule has 1 fully saturated rings. The van der Waals surface area contributed by atoms with Gasteiger partial charge in [-0.05, 0) is 18.8 Å². The van der Waals surface area contributed by atoms with E-state index in [4.69, 9.17) is 9.52 Å². The van der Waals surface area contributed by atoms with Crippen LogP contribution in [0.3, 0.4) is 0 Å². The molecule has 1 aliphatic rings. The summed E-state index contributed by atoms with van der Waals surface area (Å²) in [6.07, 6.45) is 5.49. The van der Waals surface area contributed by atoms with E-state index < -0.39 is 0 Å². The molecule has 0 atom stereocenters. The van der Waals surface area contributed by atoms with Crippen LogP contribution in [0.2, 0.25) is 0 Å². The highest BCUT2D eigenvalue weighted by molar-refractivity contribution is 5.25. The largest absolute Gasteiger partial charge is 0.432 e. The molecule has 0 bridgehead atoms. The molecule has 4 heteroatoms. The number of aliphatic hydroxyl groups excluding tert-OH is 1. The maximum absolute atomic E-state index is 8.83. The molecule has 0 spiro atoms. The Morgan fingerprint density at radius 1 is 1.64 bits per heavy atom. The number of oxazole rings is 1. The van der Waals surface area contributed by atoms with Gasteiger partial charge in [-0.1, -0.05) is 6.42 Å². The molecule has 1 aliphatic carbocycles. The van der Waals surface area contributed by atoms with Gasteiger partial charge < -0.3 is 14.4 Å². The van der Waals surface area contributed by atoms with Crippen molar-refractivity contribution in [3.8, 4) is 0 Å². The third-order valence-corrected chi connectivity index (χ3v) is 2.78. The highest BCUT2D eigenvalue weighted by atomic mass is 16.4. The second-order valence-corrected chi connectivity index (χ2v) is 3.96. The Labute approximate surface area is 83.5 Å². The summed E-state index contributed by atoms with van der Waals surface area (Å²) in [4.78, 5) is 6.17. The third kappa shape index (κ3) is 1.90. The minimum absolute atomic E-state index is 0.0548. The number of aromatic nitrogens is 1. The molecule has 2 rings (SSSR count). The van der Waals surface area contributed by atoms with Crippen molar-refractivity contribution in [2.45, 2.75) is 25.9 Å². The van der Waals surface area contributed by atoms with Crippen LogP contribution in [0.4, 0.5) is 6.01 Å². The van der Waals surface area contributed by atoms with Gasteiger partial charge >= 0.3 is 0 Å². The third-order valence-electron chi connectivity index (χ3n) is 2.78. The van der Waals surface area contributed by atoms with Crippen LogP contribution in [0.15, 0.2) is 10.7 Å². The summed E-state index contributed by atoms with van der Waals surface area (Å²) < 4.78 is 5.24. The van der Waals surface area contributed by atoms with E-state index in [9.17, 15) is 0 Å². The average molecular weight is 196 g/mol. The fourth-order valence-electron chi connectivity index (χ4n) is 1.68. The second kappa shape index (κ2) is 4.00. The normalized spacial score (nSPS) is 16.7. The molecular weight excluding hydrogens is 180 g/mol. The average Bonchev–Trinajstić information content (AvgIpc) is 2.59. The van der Waals surface area contributed by atoms with Crippen LogP contribution in [0, 0.1) is 5.92 Å². The minimum Gasteiger partial charge on any atom is -0.432 e. The van der Waals surface area contributed by atoms with Crippen LogP contribution in [-0.2, 0) is 6.61 Å². The molecule has 1 aromatic rings. The molecule has 0 amide bonds. The van der Waals surface area contributed by atoms with E-state index in [1.54, 1.807) is 0 Å². The van der Waals surface area contributed by atoms with E-state index in [1.807, 2.05) is 11.9 Å². The van der Waals surface area contributed by atoms with Gasteiger partial charge in [0.2, 0.25) is 0 Å². The maximum Gasteiger partial charge on any atom is 0.297 e. The van der Waals surface area contributed by atoms with Crippen LogP contribution >= 0.6 is 0 Å². The number of anilines is 1. The van der Waals surface area contributed by atoms with Crippen LogP contribution in [0.25, 0.3) is 0 Å². The number of nitrogens with zero attached hydrogens (tertiary/aromatic N) is 2. The standard InChI is InChI=1S/C10H16N2O2/c1-12(5-8-3-2-4-8)10-11-9(6-13)7-14-10/h7-8,13H,2-6H2,1H3. The molecule has 1 aromatic heterocycles. The first-order chi connectivity index (χ1) is 6.79. The topological polar surface area (TPSA) is 49.5 Å². The number of hydrogen-bond donors (Lipinski definition) is 1. The fourth-order valence-corrected chi connectivity index (χ4v) is 1.68. The molecule has 0 radical (unpaired) electrons. The molecule has 0 aromatic carbocycles. The molecule has 0 aliphatic heterocycles. The van der Waals surface area contributed by atoms with Crippen LogP contribution in [-0.4, -0.2) is 23.7 Å². The van der Waals surface area contributed by atoms with Gasteiger partial charge in [-0.15, -0.1) is 0 Å². The van der Waals surface area contributed by atoms with Crippen molar-refractivity contribution >= 4 is 6.01 Å². The summed E-state index contributed by atoms with van der Waals surface area (Å²) in [5.74, 6) is 0.796. The molecule has 1 N–H and O–H groups in total. The first kappa shape index (κ1) is 9.52. The van der Waals surface area contributed by atoms with Crippen molar-refractivity contribution < 1.29 is 9.52 Å². The zero-order valence-electron chi connectivity index (χ0n) is 8.44. The first-order valence-electron chi connectivity index (χ1n) is 5.06. The maximum atomic E-state index is 8.83. The van der Waals surface area contributed by atoms with Gasteiger partial charge in [-0.25, -0.2) is 0 Å². The number of rotatable bonds is 4. The highest BCUT2D eigenvalue weighted by Crippen LogP contribution is 2.28. The van der Waals surface area contributed by atoms with Crippen molar-refractivity contribution in [1.29, 1.82) is 0 Å². The Hall–Kier alpha value is -1.03. The zero-order valence-corrected chi connectivity index (χ0v) is 8.44. The van der Waals surface area contributed by atoms with Gasteiger partial charge in [0.1, 0.15) is 12.0 Å². The molecule has 14 heavy (non-hydrogen) atoms. The summed E-state index contributed by atoms with van der Waals surface area (Å²) in [5.41, 5.74) is 0.598. The Balaban J connectivity index is 1.92. The Kier molecular flexibility index (Phi) is 2.72. The monoisotopic (exact) mass is 196 g/mol. The quantitative estimate of drug-likeness (QED) is 0.790. The van der Waals surface area contributed by atoms with E-state index in [-0.39, 0.29) is 6.61 Å². The second-order valence-electron chi connectivity index (χ2n) is 3.96. The summed E-state index contributed by atoms with van der Waals surface area (Å²) in [7, 11) is 1.98. The van der Waals surface area contributed by atoms with Gasteiger partial charge in [0, 0.05) is 13.6 Å². The van der Waals surface area contributed by atoms with E-state index in [0.717, 1.165) is 12.5 Å². The predicted molar refractivity (Wildman–Crippen MR) is 53.0 cm³/mol. The van der Waals surface area contributed by atoms with Crippen molar-refractivity contribution in [1.82, 2.24) is 4.98 Å². The first-order valence-corrected chi connectivity index (χ1v) is 5.06. The SMILES string of the molecule is CN(CC1CCC1)c1nc(CO)co1. The van der Waals surface area contributed by atoms with Crippen molar-refractivity contribution in [3.63, 3.8) is 0 Å². The predicted octanol–water partition coefficient (Wildman–Crippen LogP) is 1.40. The Morgan fingerprint density at radius 3 is 2.93 bits per heavy atom. The lowest BCUT2D eigenvalue weighted by Crippen LogP contribution is -2.29.